The third-order valence-corrected chi connectivity index (χ3v) is 7.70. The number of carbonyl (C=O) groups excluding carboxylic acids is 1. The second kappa shape index (κ2) is 7.99. The van der Waals surface area contributed by atoms with Crippen molar-refractivity contribution in [3.8, 4) is 22.9 Å². The Balaban J connectivity index is 1.48. The number of hydrogen-bond acceptors (Lipinski definition) is 5. The van der Waals surface area contributed by atoms with Gasteiger partial charge in [0.15, 0.2) is 11.5 Å². The van der Waals surface area contributed by atoms with Crippen LogP contribution in [0.2, 0.25) is 0 Å². The number of benzene rings is 3. The molecule has 3 aromatic carbocycles. The fourth-order valence-corrected chi connectivity index (χ4v) is 5.92. The summed E-state index contributed by atoms with van der Waals surface area (Å²) in [7, 11) is 1.68. The minimum absolute atomic E-state index is 0.128. The van der Waals surface area contributed by atoms with Gasteiger partial charge in [-0.15, -0.1) is 0 Å². The molecule has 2 aliphatic heterocycles. The van der Waals surface area contributed by atoms with Gasteiger partial charge in [0, 0.05) is 24.9 Å². The molecule has 3 unspecified atom stereocenters. The first-order chi connectivity index (χ1) is 17.0. The lowest BCUT2D eigenvalue weighted by molar-refractivity contribution is -0.132. The first-order valence-corrected chi connectivity index (χ1v) is 12.0. The molecule has 6 rings (SSSR count). The van der Waals surface area contributed by atoms with E-state index in [9.17, 15) is 10.1 Å². The minimum Gasteiger partial charge on any atom is -0.489 e. The Morgan fingerprint density at radius 3 is 2.74 bits per heavy atom. The average molecular weight is 463 g/mol. The van der Waals surface area contributed by atoms with E-state index < -0.39 is 5.54 Å². The number of hydrogen-bond donors (Lipinski definition) is 1. The zero-order valence-corrected chi connectivity index (χ0v) is 19.6. The Morgan fingerprint density at radius 1 is 1.11 bits per heavy atom. The number of carbonyl (C=O) groups is 1. The standard InChI is InChI=1S/C29H26N4O2/c1-33-27(34)29(32-28(33)31)16-26(23-11-5-8-19-7-2-3-10-22(19)23)35-25-13-12-21(15-24(25)29)20-9-4-6-18(14-20)17-30/h2-4,6-7,9-10,12-15,23,26H,5,8,11,16H2,1H3,(H2,31,32). The fraction of sp³-hybridized carbons (Fsp3) is 0.276. The molecule has 0 aromatic heterocycles. The molecule has 6 nitrogen and oxygen atoms in total. The summed E-state index contributed by atoms with van der Waals surface area (Å²) >= 11 is 0. The molecule has 3 atom stereocenters. The van der Waals surface area contributed by atoms with Crippen molar-refractivity contribution >= 4 is 11.9 Å². The monoisotopic (exact) mass is 462 g/mol. The van der Waals surface area contributed by atoms with Crippen molar-refractivity contribution in [2.75, 3.05) is 7.05 Å². The summed E-state index contributed by atoms with van der Waals surface area (Å²) in [4.78, 5) is 19.9. The maximum atomic E-state index is 13.7. The number of fused-ring (bicyclic) bond motifs is 3. The van der Waals surface area contributed by atoms with Gasteiger partial charge < -0.3 is 10.5 Å². The van der Waals surface area contributed by atoms with Crippen LogP contribution in [0.5, 0.6) is 5.75 Å². The number of aryl methyl sites for hydroxylation is 1. The number of likely N-dealkylation sites (N-methyl/N-ethyl adjacent to an activating group) is 1. The number of ether oxygens (including phenoxy) is 1. The summed E-state index contributed by atoms with van der Waals surface area (Å²) in [5.74, 6) is 0.955. The second-order valence-electron chi connectivity index (χ2n) is 9.66. The minimum atomic E-state index is -1.12. The van der Waals surface area contributed by atoms with E-state index in [1.165, 1.54) is 16.0 Å². The van der Waals surface area contributed by atoms with Gasteiger partial charge >= 0.3 is 0 Å². The molecule has 1 spiro atoms. The number of nitrogens with two attached hydrogens (primary N) is 1. The van der Waals surface area contributed by atoms with Crippen LogP contribution in [0.3, 0.4) is 0 Å². The van der Waals surface area contributed by atoms with Crippen LogP contribution < -0.4 is 10.5 Å². The van der Waals surface area contributed by atoms with E-state index in [0.717, 1.165) is 36.0 Å². The van der Waals surface area contributed by atoms with Crippen LogP contribution in [0.25, 0.3) is 11.1 Å². The fourth-order valence-electron chi connectivity index (χ4n) is 5.92. The van der Waals surface area contributed by atoms with Gasteiger partial charge in [0.05, 0.1) is 11.6 Å². The van der Waals surface area contributed by atoms with E-state index in [2.05, 4.69) is 30.3 Å². The van der Waals surface area contributed by atoms with Crippen LogP contribution >= 0.6 is 0 Å². The Labute approximate surface area is 204 Å². The van der Waals surface area contributed by atoms with E-state index >= 15 is 0 Å². The Bertz CT molecular complexity index is 1420. The van der Waals surface area contributed by atoms with Crippen molar-refractivity contribution < 1.29 is 9.53 Å². The highest BCUT2D eigenvalue weighted by Crippen LogP contribution is 2.50. The van der Waals surface area contributed by atoms with Crippen molar-refractivity contribution in [2.24, 2.45) is 10.7 Å². The summed E-state index contributed by atoms with van der Waals surface area (Å²) in [5, 5.41) is 9.33. The lowest BCUT2D eigenvalue weighted by Crippen LogP contribution is -2.47. The van der Waals surface area contributed by atoms with Gasteiger partial charge in [0.1, 0.15) is 11.9 Å². The normalized spacial score (nSPS) is 24.9. The summed E-state index contributed by atoms with van der Waals surface area (Å²) < 4.78 is 6.64. The average Bonchev–Trinajstić information content (AvgIpc) is 3.11. The second-order valence-corrected chi connectivity index (χ2v) is 9.66. The van der Waals surface area contributed by atoms with Crippen LogP contribution in [0.4, 0.5) is 0 Å². The van der Waals surface area contributed by atoms with Crippen LogP contribution in [-0.4, -0.2) is 29.9 Å². The van der Waals surface area contributed by atoms with Crippen LogP contribution in [0.1, 0.15) is 47.4 Å². The molecule has 0 radical (unpaired) electrons. The third-order valence-electron chi connectivity index (χ3n) is 7.70. The molecule has 0 saturated heterocycles. The maximum absolute atomic E-state index is 13.7. The molecule has 1 amide bonds. The molecule has 0 fully saturated rings. The summed E-state index contributed by atoms with van der Waals surface area (Å²) in [5.41, 5.74) is 10.9. The first kappa shape index (κ1) is 21.4. The van der Waals surface area contributed by atoms with E-state index in [0.29, 0.717) is 17.7 Å². The molecule has 0 bridgehead atoms. The summed E-state index contributed by atoms with van der Waals surface area (Å²) in [6, 6.07) is 24.1. The van der Waals surface area contributed by atoms with Crippen molar-refractivity contribution in [2.45, 2.75) is 43.2 Å². The third kappa shape index (κ3) is 3.30. The molecule has 2 heterocycles. The Hall–Kier alpha value is -4.11. The molecular weight excluding hydrogens is 436 g/mol. The number of guanidine groups is 1. The summed E-state index contributed by atoms with van der Waals surface area (Å²) in [6.07, 6.45) is 3.41. The molecule has 3 aliphatic rings. The number of aliphatic imine (C=N–C) groups is 1. The van der Waals surface area contributed by atoms with Crippen molar-refractivity contribution in [3.63, 3.8) is 0 Å². The van der Waals surface area contributed by atoms with Crippen LogP contribution in [0.15, 0.2) is 71.7 Å². The zero-order chi connectivity index (χ0) is 24.2. The van der Waals surface area contributed by atoms with Crippen molar-refractivity contribution in [1.29, 1.82) is 5.26 Å². The predicted molar refractivity (Wildman–Crippen MR) is 134 cm³/mol. The van der Waals surface area contributed by atoms with E-state index in [-0.39, 0.29) is 23.9 Å². The quantitative estimate of drug-likeness (QED) is 0.608. The van der Waals surface area contributed by atoms with Crippen LogP contribution in [-0.2, 0) is 16.8 Å². The number of amides is 1. The molecule has 1 aliphatic carbocycles. The van der Waals surface area contributed by atoms with E-state index in [1.54, 1.807) is 13.1 Å². The largest absolute Gasteiger partial charge is 0.489 e. The van der Waals surface area contributed by atoms with Crippen LogP contribution in [0, 0.1) is 11.3 Å². The highest BCUT2D eigenvalue weighted by Gasteiger charge is 2.54. The van der Waals surface area contributed by atoms with Gasteiger partial charge in [-0.25, -0.2) is 4.99 Å². The van der Waals surface area contributed by atoms with E-state index in [1.807, 2.05) is 36.4 Å². The number of rotatable bonds is 2. The number of nitrogens with zero attached hydrogens (tertiary/aromatic N) is 3. The molecule has 35 heavy (non-hydrogen) atoms. The van der Waals surface area contributed by atoms with Gasteiger partial charge in [0.2, 0.25) is 0 Å². The van der Waals surface area contributed by atoms with Crippen molar-refractivity contribution in [3.05, 3.63) is 89.0 Å². The molecule has 6 heteroatoms. The molecule has 0 saturated carbocycles. The molecular formula is C29H26N4O2. The van der Waals surface area contributed by atoms with Gasteiger partial charge in [-0.3, -0.25) is 9.69 Å². The van der Waals surface area contributed by atoms with Gasteiger partial charge in [0.25, 0.3) is 5.91 Å². The Kier molecular flexibility index (Phi) is 4.89. The highest BCUT2D eigenvalue weighted by molar-refractivity contribution is 6.07. The summed E-state index contributed by atoms with van der Waals surface area (Å²) in [6.45, 7) is 0. The molecule has 174 valence electrons. The Morgan fingerprint density at radius 2 is 1.94 bits per heavy atom. The zero-order valence-electron chi connectivity index (χ0n) is 19.6. The lowest BCUT2D eigenvalue weighted by Gasteiger charge is -2.41. The predicted octanol–water partition coefficient (Wildman–Crippen LogP) is 4.48. The maximum Gasteiger partial charge on any atom is 0.261 e. The van der Waals surface area contributed by atoms with Gasteiger partial charge in [-0.1, -0.05) is 42.5 Å². The highest BCUT2D eigenvalue weighted by atomic mass is 16.5. The smallest absolute Gasteiger partial charge is 0.261 e. The van der Waals surface area contributed by atoms with Crippen molar-refractivity contribution in [1.82, 2.24) is 4.90 Å². The van der Waals surface area contributed by atoms with Gasteiger partial charge in [-0.05, 0) is 65.8 Å². The number of nitriles is 1. The first-order valence-electron chi connectivity index (χ1n) is 12.0. The molecule has 3 aromatic rings. The SMILES string of the molecule is CN1C(=O)C2(CC(C3CCCc4ccccc43)Oc3ccc(-c4cccc(C#N)c4)cc32)N=C1N. The molecule has 2 N–H and O–H groups in total. The topological polar surface area (TPSA) is 91.7 Å². The van der Waals surface area contributed by atoms with E-state index in [4.69, 9.17) is 15.5 Å². The lowest BCUT2D eigenvalue weighted by atomic mass is 9.73. The van der Waals surface area contributed by atoms with Gasteiger partial charge in [-0.2, -0.15) is 5.26 Å².